The maximum atomic E-state index is 5.87. The van der Waals surface area contributed by atoms with Crippen molar-refractivity contribution >= 4 is 0 Å². The van der Waals surface area contributed by atoms with Gasteiger partial charge in [-0.1, -0.05) is 16.9 Å². The summed E-state index contributed by atoms with van der Waals surface area (Å²) >= 11 is 0. The highest BCUT2D eigenvalue weighted by Crippen LogP contribution is 2.19. The van der Waals surface area contributed by atoms with Gasteiger partial charge in [0.05, 0.1) is 5.69 Å². The van der Waals surface area contributed by atoms with E-state index in [1.807, 2.05) is 13.2 Å². The number of hydrogen-bond donors (Lipinski definition) is 1. The summed E-state index contributed by atoms with van der Waals surface area (Å²) in [5, 5.41) is 7.98. The molecule has 1 aliphatic carbocycles. The summed E-state index contributed by atoms with van der Waals surface area (Å²) in [6.07, 6.45) is 8.52. The van der Waals surface area contributed by atoms with E-state index >= 15 is 0 Å². The third-order valence-corrected chi connectivity index (χ3v) is 2.54. The fraction of sp³-hybridized carbons (Fsp3) is 0.600. The van der Waals surface area contributed by atoms with Gasteiger partial charge in [0.25, 0.3) is 0 Å². The molecule has 2 N–H and O–H groups in total. The molecule has 4 heteroatoms. The minimum absolute atomic E-state index is 0.246. The van der Waals surface area contributed by atoms with Gasteiger partial charge in [0.15, 0.2) is 0 Å². The van der Waals surface area contributed by atoms with Crippen LogP contribution in [0, 0.1) is 0 Å². The van der Waals surface area contributed by atoms with E-state index in [1.165, 1.54) is 12.0 Å². The van der Waals surface area contributed by atoms with Crippen LogP contribution < -0.4 is 5.73 Å². The zero-order chi connectivity index (χ0) is 9.97. The van der Waals surface area contributed by atoms with E-state index in [0.29, 0.717) is 0 Å². The zero-order valence-corrected chi connectivity index (χ0v) is 8.48. The highest BCUT2D eigenvalue weighted by Gasteiger charge is 2.11. The van der Waals surface area contributed by atoms with Gasteiger partial charge in [-0.2, -0.15) is 0 Å². The van der Waals surface area contributed by atoms with Gasteiger partial charge in [-0.3, -0.25) is 4.68 Å². The van der Waals surface area contributed by atoms with Gasteiger partial charge in [0.1, 0.15) is 0 Å². The Hall–Kier alpha value is -1.16. The van der Waals surface area contributed by atoms with Crippen molar-refractivity contribution in [2.75, 3.05) is 0 Å². The van der Waals surface area contributed by atoms with Crippen LogP contribution in [0.25, 0.3) is 0 Å². The molecular weight excluding hydrogens is 176 g/mol. The Labute approximate surface area is 83.8 Å². The van der Waals surface area contributed by atoms with Crippen molar-refractivity contribution in [3.05, 3.63) is 23.5 Å². The van der Waals surface area contributed by atoms with Gasteiger partial charge < -0.3 is 5.73 Å². The molecule has 14 heavy (non-hydrogen) atoms. The largest absolute Gasteiger partial charge is 0.324 e. The molecule has 0 amide bonds. The molecule has 1 aliphatic rings. The van der Waals surface area contributed by atoms with Crippen LogP contribution in [0.2, 0.25) is 0 Å². The number of nitrogens with two attached hydrogens (primary N) is 1. The fourth-order valence-electron chi connectivity index (χ4n) is 1.89. The summed E-state index contributed by atoms with van der Waals surface area (Å²) in [5.41, 5.74) is 8.31. The molecule has 2 rings (SSSR count). The minimum Gasteiger partial charge on any atom is -0.324 e. The first-order chi connectivity index (χ1) is 6.74. The molecule has 0 saturated carbocycles. The number of hydrogen-bond acceptors (Lipinski definition) is 3. The average molecular weight is 192 g/mol. The second kappa shape index (κ2) is 3.92. The molecule has 1 unspecified atom stereocenters. The Balaban J connectivity index is 2.03. The lowest BCUT2D eigenvalue weighted by Crippen LogP contribution is -2.20. The van der Waals surface area contributed by atoms with Crippen molar-refractivity contribution in [1.29, 1.82) is 0 Å². The molecule has 76 valence electrons. The van der Waals surface area contributed by atoms with Crippen LogP contribution in [0.4, 0.5) is 0 Å². The van der Waals surface area contributed by atoms with E-state index in [2.05, 4.69) is 16.4 Å². The third kappa shape index (κ3) is 2.20. The Morgan fingerprint density at radius 1 is 1.64 bits per heavy atom. The minimum atomic E-state index is 0.246. The van der Waals surface area contributed by atoms with Crippen LogP contribution in [0.3, 0.4) is 0 Å². The van der Waals surface area contributed by atoms with Crippen LogP contribution >= 0.6 is 0 Å². The SMILES string of the molecule is Cn1cc(CC2=CC(N)CCC2)nn1. The first-order valence-corrected chi connectivity index (χ1v) is 5.04. The topological polar surface area (TPSA) is 56.7 Å². The lowest BCUT2D eigenvalue weighted by Gasteiger charge is -2.16. The van der Waals surface area contributed by atoms with Crippen LogP contribution in [-0.2, 0) is 13.5 Å². The van der Waals surface area contributed by atoms with Crippen LogP contribution in [-0.4, -0.2) is 21.0 Å². The predicted molar refractivity (Wildman–Crippen MR) is 54.6 cm³/mol. The number of nitrogens with zero attached hydrogens (tertiary/aromatic N) is 3. The van der Waals surface area contributed by atoms with E-state index < -0.39 is 0 Å². The quantitative estimate of drug-likeness (QED) is 0.705. The van der Waals surface area contributed by atoms with Crippen LogP contribution in [0.5, 0.6) is 0 Å². The maximum Gasteiger partial charge on any atom is 0.0867 e. The lowest BCUT2D eigenvalue weighted by atomic mass is 9.93. The molecule has 4 nitrogen and oxygen atoms in total. The number of allylic oxidation sites excluding steroid dienone is 1. The van der Waals surface area contributed by atoms with Crippen molar-refractivity contribution in [3.8, 4) is 0 Å². The van der Waals surface area contributed by atoms with Crippen LogP contribution in [0.1, 0.15) is 25.0 Å². The molecule has 0 fully saturated rings. The van der Waals surface area contributed by atoms with Crippen molar-refractivity contribution < 1.29 is 0 Å². The molecule has 0 radical (unpaired) electrons. The Morgan fingerprint density at radius 3 is 3.14 bits per heavy atom. The van der Waals surface area contributed by atoms with E-state index in [4.69, 9.17) is 5.73 Å². The first-order valence-electron chi connectivity index (χ1n) is 5.04. The molecule has 1 aromatic heterocycles. The smallest absolute Gasteiger partial charge is 0.0867 e. The zero-order valence-electron chi connectivity index (χ0n) is 8.48. The predicted octanol–water partition coefficient (Wildman–Crippen LogP) is 0.795. The highest BCUT2D eigenvalue weighted by molar-refractivity contribution is 5.16. The second-order valence-corrected chi connectivity index (χ2v) is 3.94. The summed E-state index contributed by atoms with van der Waals surface area (Å²) < 4.78 is 1.73. The molecule has 1 aromatic rings. The van der Waals surface area contributed by atoms with E-state index in [1.54, 1.807) is 4.68 Å². The lowest BCUT2D eigenvalue weighted by molar-refractivity contribution is 0.616. The standard InChI is InChI=1S/C10H16N4/c1-14-7-10(12-13-14)6-8-3-2-4-9(11)5-8/h5,7,9H,2-4,6,11H2,1H3. The molecule has 0 spiro atoms. The summed E-state index contributed by atoms with van der Waals surface area (Å²) in [7, 11) is 1.89. The third-order valence-electron chi connectivity index (χ3n) is 2.54. The average Bonchev–Trinajstić information content (AvgIpc) is 2.51. The summed E-state index contributed by atoms with van der Waals surface area (Å²) in [6, 6.07) is 0.246. The van der Waals surface area contributed by atoms with Gasteiger partial charge in [0, 0.05) is 25.7 Å². The molecule has 0 saturated heterocycles. The Kier molecular flexibility index (Phi) is 2.63. The number of aryl methyl sites for hydroxylation is 1. The molecular formula is C10H16N4. The number of rotatable bonds is 2. The van der Waals surface area contributed by atoms with Crippen molar-refractivity contribution in [2.45, 2.75) is 31.7 Å². The van der Waals surface area contributed by atoms with Crippen molar-refractivity contribution in [2.24, 2.45) is 12.8 Å². The van der Waals surface area contributed by atoms with Crippen molar-refractivity contribution in [3.63, 3.8) is 0 Å². The normalized spacial score (nSPS) is 22.1. The summed E-state index contributed by atoms with van der Waals surface area (Å²) in [6.45, 7) is 0. The number of aromatic nitrogens is 3. The van der Waals surface area contributed by atoms with Crippen molar-refractivity contribution in [1.82, 2.24) is 15.0 Å². The van der Waals surface area contributed by atoms with E-state index in [9.17, 15) is 0 Å². The fourth-order valence-corrected chi connectivity index (χ4v) is 1.89. The molecule has 0 aromatic carbocycles. The summed E-state index contributed by atoms with van der Waals surface area (Å²) in [4.78, 5) is 0. The maximum absolute atomic E-state index is 5.87. The van der Waals surface area contributed by atoms with E-state index in [0.717, 1.165) is 25.0 Å². The van der Waals surface area contributed by atoms with Gasteiger partial charge in [-0.15, -0.1) is 5.10 Å². The highest BCUT2D eigenvalue weighted by atomic mass is 15.4. The van der Waals surface area contributed by atoms with Crippen LogP contribution in [0.15, 0.2) is 17.8 Å². The summed E-state index contributed by atoms with van der Waals surface area (Å²) in [5.74, 6) is 0. The molecule has 0 aliphatic heterocycles. The molecule has 0 bridgehead atoms. The molecule has 1 heterocycles. The first kappa shape index (κ1) is 9.40. The van der Waals surface area contributed by atoms with Gasteiger partial charge in [-0.25, -0.2) is 0 Å². The van der Waals surface area contributed by atoms with Gasteiger partial charge in [-0.05, 0) is 19.3 Å². The molecule has 1 atom stereocenters. The van der Waals surface area contributed by atoms with E-state index in [-0.39, 0.29) is 6.04 Å². The Bertz CT molecular complexity index is 340. The second-order valence-electron chi connectivity index (χ2n) is 3.94. The van der Waals surface area contributed by atoms with Gasteiger partial charge >= 0.3 is 0 Å². The van der Waals surface area contributed by atoms with Gasteiger partial charge in [0.2, 0.25) is 0 Å². The Morgan fingerprint density at radius 2 is 2.50 bits per heavy atom. The monoisotopic (exact) mass is 192 g/mol.